The molecule has 10 nitrogen and oxygen atoms in total. The van der Waals surface area contributed by atoms with Gasteiger partial charge in [0, 0.05) is 34.7 Å². The molecule has 0 saturated carbocycles. The van der Waals surface area contributed by atoms with Gasteiger partial charge < -0.3 is 38.7 Å². The summed E-state index contributed by atoms with van der Waals surface area (Å²) in [7, 11) is 4.39. The van der Waals surface area contributed by atoms with Gasteiger partial charge in [-0.1, -0.05) is 6.07 Å². The molecule has 0 radical (unpaired) electrons. The molecule has 0 bridgehead atoms. The molecule has 0 saturated heterocycles. The van der Waals surface area contributed by atoms with Crippen LogP contribution in [-0.2, 0) is 4.79 Å². The summed E-state index contributed by atoms with van der Waals surface area (Å²) in [6, 6.07) is 9.71. The summed E-state index contributed by atoms with van der Waals surface area (Å²) < 4.78 is 28.1. The van der Waals surface area contributed by atoms with Crippen molar-refractivity contribution in [1.29, 1.82) is 0 Å². The number of fused-ring (bicyclic) bond motifs is 3. The van der Waals surface area contributed by atoms with E-state index in [2.05, 4.69) is 0 Å². The van der Waals surface area contributed by atoms with E-state index in [1.807, 2.05) is 0 Å². The summed E-state index contributed by atoms with van der Waals surface area (Å²) in [5, 5.41) is 30.2. The van der Waals surface area contributed by atoms with Crippen molar-refractivity contribution in [3.63, 3.8) is 0 Å². The molecule has 1 atom stereocenters. The molecule has 0 fully saturated rings. The van der Waals surface area contributed by atoms with E-state index in [1.54, 1.807) is 12.1 Å². The summed E-state index contributed by atoms with van der Waals surface area (Å²) in [4.78, 5) is 25.8. The maximum absolute atomic E-state index is 13.1. The molecule has 4 aromatic rings. The predicted molar refractivity (Wildman–Crippen MR) is 131 cm³/mol. The Bertz CT molecular complexity index is 1620. The topological polar surface area (TPSA) is 145 Å². The number of phenolic OH excluding ortho intramolecular Hbond substituents is 3. The van der Waals surface area contributed by atoms with Gasteiger partial charge in [0.15, 0.2) is 28.4 Å². The number of carbonyl (C=O) groups is 1. The number of esters is 1. The number of hydrogen-bond donors (Lipinski definition) is 3. The van der Waals surface area contributed by atoms with Crippen LogP contribution in [0.5, 0.6) is 40.2 Å². The van der Waals surface area contributed by atoms with E-state index in [0.29, 0.717) is 33.9 Å². The Kier molecular flexibility index (Phi) is 5.79. The van der Waals surface area contributed by atoms with E-state index >= 15 is 0 Å². The Morgan fingerprint density at radius 1 is 0.838 bits per heavy atom. The molecule has 0 unspecified atom stereocenters. The van der Waals surface area contributed by atoms with Gasteiger partial charge in [-0.2, -0.15) is 0 Å². The molecular weight excluding hydrogens is 484 g/mol. The SMILES string of the molecule is COc1ccc([C@H]2CC(=O)Oc3cc(O)c4c(=O)cc(-c5ccc(O)c(O)c5)oc4c32)c(OC)c1OC. The normalized spacial score (nSPS) is 14.7. The number of carbonyl (C=O) groups excluding carboxylic acids is 1. The molecule has 1 aliphatic heterocycles. The number of methoxy groups -OCH3 is 3. The molecule has 10 heteroatoms. The number of rotatable bonds is 5. The van der Waals surface area contributed by atoms with Crippen LogP contribution in [-0.4, -0.2) is 42.6 Å². The molecule has 1 aliphatic rings. The van der Waals surface area contributed by atoms with Gasteiger partial charge in [0.2, 0.25) is 5.75 Å². The molecule has 0 spiro atoms. The summed E-state index contributed by atoms with van der Waals surface area (Å²) in [5.74, 6) is -1.30. The lowest BCUT2D eigenvalue weighted by Gasteiger charge is -2.28. The predicted octanol–water partition coefficient (Wildman–Crippen LogP) is 4.04. The lowest BCUT2D eigenvalue weighted by molar-refractivity contribution is -0.135. The fraction of sp³-hybridized carbons (Fsp3) is 0.185. The minimum absolute atomic E-state index is 0.000553. The number of ether oxygens (including phenoxy) is 4. The second-order valence-corrected chi connectivity index (χ2v) is 8.34. The maximum Gasteiger partial charge on any atom is 0.312 e. The third-order valence-electron chi connectivity index (χ3n) is 6.29. The van der Waals surface area contributed by atoms with Crippen LogP contribution in [0.1, 0.15) is 23.5 Å². The number of phenols is 3. The average molecular weight is 506 g/mol. The van der Waals surface area contributed by atoms with Crippen LogP contribution in [0.25, 0.3) is 22.3 Å². The molecule has 2 heterocycles. The molecule has 1 aromatic heterocycles. The minimum atomic E-state index is -0.708. The van der Waals surface area contributed by atoms with Crippen molar-refractivity contribution in [2.75, 3.05) is 21.3 Å². The van der Waals surface area contributed by atoms with Crippen LogP contribution in [0, 0.1) is 0 Å². The molecule has 190 valence electrons. The first-order chi connectivity index (χ1) is 17.8. The molecule has 37 heavy (non-hydrogen) atoms. The number of aromatic hydroxyl groups is 3. The van der Waals surface area contributed by atoms with Crippen molar-refractivity contribution < 1.29 is 43.5 Å². The third kappa shape index (κ3) is 3.83. The van der Waals surface area contributed by atoms with E-state index < -0.39 is 28.8 Å². The number of benzene rings is 3. The summed E-state index contributed by atoms with van der Waals surface area (Å²) >= 11 is 0. The largest absolute Gasteiger partial charge is 0.507 e. The van der Waals surface area contributed by atoms with Gasteiger partial charge in [-0.3, -0.25) is 9.59 Å². The number of hydrogen-bond acceptors (Lipinski definition) is 10. The highest BCUT2D eigenvalue weighted by molar-refractivity contribution is 5.93. The Balaban J connectivity index is 1.83. The van der Waals surface area contributed by atoms with Crippen LogP contribution in [0.3, 0.4) is 0 Å². The van der Waals surface area contributed by atoms with E-state index in [9.17, 15) is 24.9 Å². The molecular formula is C27H22O10. The summed E-state index contributed by atoms with van der Waals surface area (Å²) in [6.45, 7) is 0. The second-order valence-electron chi connectivity index (χ2n) is 8.34. The molecule has 3 N–H and O–H groups in total. The van der Waals surface area contributed by atoms with E-state index in [0.717, 1.165) is 0 Å². The average Bonchev–Trinajstić information content (AvgIpc) is 2.88. The lowest BCUT2D eigenvalue weighted by Crippen LogP contribution is -2.22. The monoisotopic (exact) mass is 506 g/mol. The molecule has 0 amide bonds. The van der Waals surface area contributed by atoms with Crippen molar-refractivity contribution in [2.24, 2.45) is 0 Å². The van der Waals surface area contributed by atoms with Gasteiger partial charge in [-0.05, 0) is 24.3 Å². The zero-order chi connectivity index (χ0) is 26.4. The van der Waals surface area contributed by atoms with Gasteiger partial charge in [-0.25, -0.2) is 0 Å². The minimum Gasteiger partial charge on any atom is -0.507 e. The first kappa shape index (κ1) is 23.9. The van der Waals surface area contributed by atoms with Crippen molar-refractivity contribution >= 4 is 16.9 Å². The summed E-state index contributed by atoms with van der Waals surface area (Å²) in [6.07, 6.45) is -0.118. The summed E-state index contributed by atoms with van der Waals surface area (Å²) in [5.41, 5.74) is 0.637. The highest BCUT2D eigenvalue weighted by Crippen LogP contribution is 2.51. The molecule has 5 rings (SSSR count). The Morgan fingerprint density at radius 3 is 2.27 bits per heavy atom. The van der Waals surface area contributed by atoms with Crippen LogP contribution in [0.2, 0.25) is 0 Å². The van der Waals surface area contributed by atoms with Crippen molar-refractivity contribution in [3.8, 4) is 51.6 Å². The van der Waals surface area contributed by atoms with Gasteiger partial charge in [0.1, 0.15) is 28.2 Å². The van der Waals surface area contributed by atoms with Gasteiger partial charge in [-0.15, -0.1) is 0 Å². The van der Waals surface area contributed by atoms with Crippen LogP contribution >= 0.6 is 0 Å². The molecule has 3 aromatic carbocycles. The van der Waals surface area contributed by atoms with E-state index in [-0.39, 0.29) is 34.6 Å². The van der Waals surface area contributed by atoms with Crippen LogP contribution in [0.15, 0.2) is 51.7 Å². The quantitative estimate of drug-likeness (QED) is 0.206. The fourth-order valence-corrected chi connectivity index (χ4v) is 4.64. The highest BCUT2D eigenvalue weighted by Gasteiger charge is 2.36. The fourth-order valence-electron chi connectivity index (χ4n) is 4.64. The van der Waals surface area contributed by atoms with Gasteiger partial charge in [0.05, 0.1) is 27.8 Å². The smallest absolute Gasteiger partial charge is 0.312 e. The van der Waals surface area contributed by atoms with Crippen LogP contribution in [0.4, 0.5) is 0 Å². The first-order valence-electron chi connectivity index (χ1n) is 11.1. The standard InChI is InChI=1S/C27H22O10/c1-33-19-7-5-13(25(34-2)26(19)35-3)14-9-22(32)36-21-11-18(31)24-17(30)10-20(37-27(24)23(14)21)12-4-6-15(28)16(29)8-12/h4-8,10-11,14,28-29,31H,9H2,1-3H3/t14-/m1/s1. The van der Waals surface area contributed by atoms with Crippen molar-refractivity contribution in [2.45, 2.75) is 12.3 Å². The Labute approximate surface area is 209 Å². The Hall–Kier alpha value is -4.86. The van der Waals surface area contributed by atoms with Crippen LogP contribution < -0.4 is 24.4 Å². The van der Waals surface area contributed by atoms with E-state index in [4.69, 9.17) is 23.4 Å². The van der Waals surface area contributed by atoms with Gasteiger partial charge in [0.25, 0.3) is 0 Å². The lowest BCUT2D eigenvalue weighted by atomic mass is 9.84. The zero-order valence-corrected chi connectivity index (χ0v) is 20.0. The zero-order valence-electron chi connectivity index (χ0n) is 20.0. The first-order valence-corrected chi connectivity index (χ1v) is 11.1. The highest BCUT2D eigenvalue weighted by atomic mass is 16.5. The van der Waals surface area contributed by atoms with E-state index in [1.165, 1.54) is 51.7 Å². The Morgan fingerprint density at radius 2 is 1.59 bits per heavy atom. The molecule has 0 aliphatic carbocycles. The third-order valence-corrected chi connectivity index (χ3v) is 6.29. The van der Waals surface area contributed by atoms with Gasteiger partial charge >= 0.3 is 5.97 Å². The van der Waals surface area contributed by atoms with Crippen molar-refractivity contribution in [3.05, 3.63) is 63.8 Å². The van der Waals surface area contributed by atoms with Crippen molar-refractivity contribution in [1.82, 2.24) is 0 Å². The second kappa shape index (κ2) is 8.98. The maximum atomic E-state index is 13.1.